The minimum absolute atomic E-state index is 0.248. The summed E-state index contributed by atoms with van der Waals surface area (Å²) in [4.78, 5) is 26.7. The van der Waals surface area contributed by atoms with Crippen LogP contribution in [0.3, 0.4) is 0 Å². The molecule has 1 aliphatic heterocycles. The summed E-state index contributed by atoms with van der Waals surface area (Å²) in [5, 5.41) is 6.15. The molecule has 0 N–H and O–H groups in total. The van der Waals surface area contributed by atoms with Crippen LogP contribution in [0.2, 0.25) is 0 Å². The first-order valence-electron chi connectivity index (χ1n) is 13.9. The smallest absolute Gasteiger partial charge is 0.410 e. The first-order chi connectivity index (χ1) is 18.6. The first kappa shape index (κ1) is 25.5. The fraction of sp³-hybridized carbons (Fsp3) is 0.452. The van der Waals surface area contributed by atoms with E-state index in [0.29, 0.717) is 31.2 Å². The molecule has 1 saturated carbocycles. The third-order valence-corrected chi connectivity index (χ3v) is 7.69. The van der Waals surface area contributed by atoms with Crippen molar-refractivity contribution >= 4 is 28.5 Å². The van der Waals surface area contributed by atoms with Crippen LogP contribution in [0.25, 0.3) is 27.8 Å². The number of esters is 1. The van der Waals surface area contributed by atoms with Gasteiger partial charge in [-0.3, -0.25) is 0 Å². The van der Waals surface area contributed by atoms with Crippen LogP contribution < -0.4 is 0 Å². The van der Waals surface area contributed by atoms with Gasteiger partial charge in [-0.15, -0.1) is 0 Å². The van der Waals surface area contributed by atoms with Gasteiger partial charge in [-0.05, 0) is 77.1 Å². The Labute approximate surface area is 228 Å². The Balaban J connectivity index is 1.39. The second-order valence-electron chi connectivity index (χ2n) is 11.9. The molecule has 0 spiro atoms. The molecular weight excluding hydrogens is 492 g/mol. The van der Waals surface area contributed by atoms with Gasteiger partial charge < -0.3 is 18.9 Å². The van der Waals surface area contributed by atoms with Gasteiger partial charge in [-0.1, -0.05) is 18.2 Å². The molecule has 0 atom stereocenters. The van der Waals surface area contributed by atoms with E-state index in [2.05, 4.69) is 35.8 Å². The third-order valence-electron chi connectivity index (χ3n) is 7.69. The molecule has 204 valence electrons. The van der Waals surface area contributed by atoms with Crippen LogP contribution in [0.5, 0.6) is 0 Å². The van der Waals surface area contributed by atoms with Crippen molar-refractivity contribution in [3.05, 3.63) is 59.3 Å². The van der Waals surface area contributed by atoms with Crippen molar-refractivity contribution in [1.82, 2.24) is 19.1 Å². The number of rotatable bonds is 6. The van der Waals surface area contributed by atoms with Gasteiger partial charge in [-0.2, -0.15) is 5.10 Å². The van der Waals surface area contributed by atoms with Crippen molar-refractivity contribution < 1.29 is 19.1 Å². The summed E-state index contributed by atoms with van der Waals surface area (Å²) < 4.78 is 15.0. The van der Waals surface area contributed by atoms with Crippen LogP contribution in [-0.4, -0.2) is 56.4 Å². The molecule has 4 aromatic rings. The second-order valence-corrected chi connectivity index (χ2v) is 11.9. The van der Waals surface area contributed by atoms with E-state index in [1.54, 1.807) is 28.6 Å². The van der Waals surface area contributed by atoms with Crippen LogP contribution >= 0.6 is 0 Å². The number of hydrogen-bond acceptors (Lipinski definition) is 5. The van der Waals surface area contributed by atoms with Gasteiger partial charge in [0.2, 0.25) is 0 Å². The summed E-state index contributed by atoms with van der Waals surface area (Å²) >= 11 is 0. The van der Waals surface area contributed by atoms with E-state index in [0.717, 1.165) is 29.0 Å². The summed E-state index contributed by atoms with van der Waals surface area (Å²) in [6.45, 7) is 12.2. The lowest BCUT2D eigenvalue weighted by atomic mass is 9.90. The zero-order chi connectivity index (χ0) is 27.5. The van der Waals surface area contributed by atoms with Crippen molar-refractivity contribution in [2.45, 2.75) is 65.5 Å². The molecule has 4 heterocycles. The molecule has 1 aromatic carbocycles. The number of amides is 1. The van der Waals surface area contributed by atoms with E-state index in [4.69, 9.17) is 14.6 Å². The van der Waals surface area contributed by atoms with Gasteiger partial charge in [0.05, 0.1) is 28.9 Å². The SMILES string of the molecule is CCOC(=O)c1ccc2c(C)c(-c3cc4cccc(C5CN(C(=O)OC(C)(C)C)C5)c4n3CC3CC3)nn2c1. The van der Waals surface area contributed by atoms with Gasteiger partial charge in [0.15, 0.2) is 0 Å². The van der Waals surface area contributed by atoms with Crippen molar-refractivity contribution in [1.29, 1.82) is 0 Å². The number of ether oxygens (including phenoxy) is 2. The number of carbonyl (C=O) groups is 2. The number of hydrogen-bond donors (Lipinski definition) is 0. The van der Waals surface area contributed by atoms with Crippen molar-refractivity contribution in [3.8, 4) is 11.4 Å². The standard InChI is InChI=1S/C31H36N4O4/c1-6-38-29(36)22-12-13-25-19(2)27(32-35(25)18-22)26-14-21-8-7-9-24(28(21)34(26)15-20-10-11-20)23-16-33(17-23)30(37)39-31(3,4)5/h7-9,12-14,18,20,23H,6,10-11,15-17H2,1-5H3. The van der Waals surface area contributed by atoms with Gasteiger partial charge in [0, 0.05) is 42.7 Å². The predicted molar refractivity (Wildman–Crippen MR) is 150 cm³/mol. The number of pyridine rings is 1. The Morgan fingerprint density at radius 2 is 1.87 bits per heavy atom. The maximum Gasteiger partial charge on any atom is 0.410 e. The maximum atomic E-state index is 12.6. The van der Waals surface area contributed by atoms with Crippen LogP contribution in [0.1, 0.15) is 67.9 Å². The van der Waals surface area contributed by atoms with Crippen LogP contribution in [0.15, 0.2) is 42.6 Å². The van der Waals surface area contributed by atoms with E-state index in [1.165, 1.54) is 29.3 Å². The van der Waals surface area contributed by atoms with Gasteiger partial charge in [-0.25, -0.2) is 14.1 Å². The lowest BCUT2D eigenvalue weighted by molar-refractivity contribution is 0.00825. The number of carbonyl (C=O) groups excluding carboxylic acids is 2. The highest BCUT2D eigenvalue weighted by molar-refractivity contribution is 5.92. The summed E-state index contributed by atoms with van der Waals surface area (Å²) in [6, 6.07) is 12.5. The number of fused-ring (bicyclic) bond motifs is 2. The minimum Gasteiger partial charge on any atom is -0.462 e. The number of para-hydroxylation sites is 1. The molecule has 0 unspecified atom stereocenters. The Morgan fingerprint density at radius 3 is 2.56 bits per heavy atom. The predicted octanol–water partition coefficient (Wildman–Crippen LogP) is 6.19. The van der Waals surface area contributed by atoms with Gasteiger partial charge in [0.25, 0.3) is 0 Å². The normalized spacial score (nSPS) is 16.1. The zero-order valence-corrected chi connectivity index (χ0v) is 23.4. The van der Waals surface area contributed by atoms with E-state index in [1.807, 2.05) is 26.8 Å². The summed E-state index contributed by atoms with van der Waals surface area (Å²) in [6.07, 6.45) is 3.99. The Hall–Kier alpha value is -3.81. The highest BCUT2D eigenvalue weighted by Crippen LogP contribution is 2.41. The van der Waals surface area contributed by atoms with Crippen LogP contribution in [0.4, 0.5) is 4.79 Å². The molecule has 2 fully saturated rings. The Morgan fingerprint density at radius 1 is 1.10 bits per heavy atom. The number of aryl methyl sites for hydroxylation is 1. The number of aromatic nitrogens is 3. The Bertz CT molecular complexity index is 1580. The first-order valence-corrected chi connectivity index (χ1v) is 13.9. The van der Waals surface area contributed by atoms with Gasteiger partial charge >= 0.3 is 12.1 Å². The number of nitrogens with zero attached hydrogens (tertiary/aromatic N) is 4. The second kappa shape index (κ2) is 9.43. The summed E-state index contributed by atoms with van der Waals surface area (Å²) in [5.74, 6) is 0.582. The monoisotopic (exact) mass is 528 g/mol. The molecule has 39 heavy (non-hydrogen) atoms. The molecule has 6 rings (SSSR count). The topological polar surface area (TPSA) is 78.1 Å². The molecule has 1 amide bonds. The van der Waals surface area contributed by atoms with E-state index >= 15 is 0 Å². The minimum atomic E-state index is -0.501. The van der Waals surface area contributed by atoms with Crippen molar-refractivity contribution in [2.24, 2.45) is 5.92 Å². The molecule has 0 radical (unpaired) electrons. The molecule has 1 aliphatic carbocycles. The third kappa shape index (κ3) is 4.77. The fourth-order valence-corrected chi connectivity index (χ4v) is 5.53. The highest BCUT2D eigenvalue weighted by Gasteiger charge is 2.36. The molecule has 0 bridgehead atoms. The fourth-order valence-electron chi connectivity index (χ4n) is 5.53. The molecule has 8 heteroatoms. The number of likely N-dealkylation sites (tertiary alicyclic amines) is 1. The van der Waals surface area contributed by atoms with Crippen LogP contribution in [-0.2, 0) is 16.0 Å². The summed E-state index contributed by atoms with van der Waals surface area (Å²) in [7, 11) is 0. The quantitative estimate of drug-likeness (QED) is 0.279. The van der Waals surface area contributed by atoms with Crippen molar-refractivity contribution in [3.63, 3.8) is 0 Å². The average Bonchev–Trinajstić information content (AvgIpc) is 3.51. The molecule has 3 aromatic heterocycles. The molecule has 1 saturated heterocycles. The lowest BCUT2D eigenvalue weighted by Gasteiger charge is -2.40. The van der Waals surface area contributed by atoms with Crippen molar-refractivity contribution in [2.75, 3.05) is 19.7 Å². The lowest BCUT2D eigenvalue weighted by Crippen LogP contribution is -2.50. The Kier molecular flexibility index (Phi) is 6.16. The summed E-state index contributed by atoms with van der Waals surface area (Å²) in [5.41, 5.74) is 6.54. The largest absolute Gasteiger partial charge is 0.462 e. The van der Waals surface area contributed by atoms with E-state index in [-0.39, 0.29) is 18.0 Å². The van der Waals surface area contributed by atoms with Gasteiger partial charge in [0.1, 0.15) is 11.3 Å². The van der Waals surface area contributed by atoms with Crippen LogP contribution in [0, 0.1) is 12.8 Å². The molecule has 8 nitrogen and oxygen atoms in total. The van der Waals surface area contributed by atoms with E-state index in [9.17, 15) is 9.59 Å². The highest BCUT2D eigenvalue weighted by atomic mass is 16.6. The average molecular weight is 529 g/mol. The maximum absolute atomic E-state index is 12.6. The zero-order valence-electron chi connectivity index (χ0n) is 23.4. The molecule has 2 aliphatic rings. The molecular formula is C31H36N4O4. The van der Waals surface area contributed by atoms with E-state index < -0.39 is 5.60 Å². The number of benzene rings is 1.